The summed E-state index contributed by atoms with van der Waals surface area (Å²) in [6.45, 7) is 6.19. The topological polar surface area (TPSA) is 0 Å². The molecule has 0 unspecified atom stereocenters. The smallest absolute Gasteiger partial charge is 0.0160 e. The minimum atomic E-state index is 0. The maximum atomic E-state index is 2.93. The summed E-state index contributed by atoms with van der Waals surface area (Å²) in [6, 6.07) is 0. The summed E-state index contributed by atoms with van der Waals surface area (Å²) >= 11 is 0. The molecular weight excluding hydrogens is 371 g/mol. The van der Waals surface area contributed by atoms with Crippen LogP contribution in [-0.2, 0) is 0 Å². The van der Waals surface area contributed by atoms with E-state index in [9.17, 15) is 0 Å². The summed E-state index contributed by atoms with van der Waals surface area (Å²) in [5.74, 6) is 0. The molecule has 0 aromatic carbocycles. The number of rotatable bonds is 0. The first-order valence-corrected chi connectivity index (χ1v) is 6.96. The molecule has 7 radical (unpaired) electrons. The van der Waals surface area contributed by atoms with Crippen molar-refractivity contribution < 1.29 is 1.43 Å². The molecule has 0 saturated carbocycles. The van der Waals surface area contributed by atoms with E-state index in [1.165, 1.54) is 16.7 Å². The van der Waals surface area contributed by atoms with E-state index in [1.54, 1.807) is 0 Å². The molecule has 3 rings (SSSR count). The number of hydrogen-bond acceptors (Lipinski definition) is 0. The Labute approximate surface area is 153 Å². The molecule has 0 fully saturated rings. The van der Waals surface area contributed by atoms with E-state index < -0.39 is 0 Å². The molecule has 0 atom stereocenters. The fraction of sp³-hybridized carbons (Fsp3) is 0.143. The van der Waals surface area contributed by atoms with Crippen molar-refractivity contribution in [3.05, 3.63) is 108 Å². The van der Waals surface area contributed by atoms with Gasteiger partial charge in [-0.3, -0.25) is 0 Å². The quantitative estimate of drug-likeness (QED) is 0.379. The summed E-state index contributed by atoms with van der Waals surface area (Å²) < 4.78 is 0. The standard InChI is InChI=1S/3C7H7.Sn.H2/c3*1-7-5-3-2-4-6-7;;/h3*3-6H,1H3;;1H. The Morgan fingerprint density at radius 2 is 0.818 bits per heavy atom. The first-order valence-electron chi connectivity index (χ1n) is 6.96. The van der Waals surface area contributed by atoms with Crippen molar-refractivity contribution in [3.63, 3.8) is 0 Å². The van der Waals surface area contributed by atoms with Crippen molar-refractivity contribution in [3.8, 4) is 0 Å². The van der Waals surface area contributed by atoms with Crippen LogP contribution in [-0.4, -0.2) is 23.9 Å². The Kier molecular flexibility index (Phi) is 12.4. The molecule has 3 aliphatic rings. The van der Waals surface area contributed by atoms with Crippen LogP contribution in [0.15, 0.2) is 88.6 Å². The zero-order valence-electron chi connectivity index (χ0n) is 13.4. The van der Waals surface area contributed by atoms with Gasteiger partial charge in [-0.1, -0.05) is 34.9 Å². The van der Waals surface area contributed by atoms with Crippen LogP contribution in [0.3, 0.4) is 0 Å². The van der Waals surface area contributed by atoms with Crippen LogP contribution in [0, 0.1) is 19.3 Å². The number of hydrogen-bond donors (Lipinski definition) is 0. The van der Waals surface area contributed by atoms with E-state index in [2.05, 4.69) is 38.0 Å². The molecule has 0 nitrogen and oxygen atoms in total. The van der Waals surface area contributed by atoms with Crippen LogP contribution in [0.1, 0.15) is 22.2 Å². The van der Waals surface area contributed by atoms with E-state index in [0.29, 0.717) is 0 Å². The fourth-order valence-electron chi connectivity index (χ4n) is 1.41. The normalized spacial score (nSPS) is 16.2. The third-order valence-corrected chi connectivity index (χ3v) is 2.65. The van der Waals surface area contributed by atoms with Gasteiger partial charge in [-0.05, 0) is 57.2 Å². The van der Waals surface area contributed by atoms with Crippen molar-refractivity contribution in [2.75, 3.05) is 0 Å². The van der Waals surface area contributed by atoms with Crippen molar-refractivity contribution in [1.29, 1.82) is 0 Å². The van der Waals surface area contributed by atoms with Gasteiger partial charge in [0, 0.05) is 44.6 Å². The second-order valence-corrected chi connectivity index (χ2v) is 4.73. The van der Waals surface area contributed by atoms with Gasteiger partial charge in [0.25, 0.3) is 0 Å². The predicted molar refractivity (Wildman–Crippen MR) is 100.0 cm³/mol. The van der Waals surface area contributed by atoms with E-state index in [1.807, 2.05) is 73.9 Å². The molecule has 0 aromatic rings. The maximum absolute atomic E-state index is 2.93. The minimum absolute atomic E-state index is 0. The van der Waals surface area contributed by atoms with E-state index in [0.717, 1.165) is 0 Å². The molecule has 3 aliphatic carbocycles. The molecule has 0 aromatic heterocycles. The Balaban J connectivity index is 0. The summed E-state index contributed by atoms with van der Waals surface area (Å²) in [4.78, 5) is 0. The van der Waals surface area contributed by atoms with Gasteiger partial charge < -0.3 is 0 Å². The first-order chi connectivity index (χ1) is 10.2. The second kappa shape index (κ2) is 13.3. The molecule has 0 amide bonds. The van der Waals surface area contributed by atoms with Gasteiger partial charge in [-0.2, -0.15) is 0 Å². The van der Waals surface area contributed by atoms with Gasteiger partial charge in [-0.15, -0.1) is 17.2 Å². The summed E-state index contributed by atoms with van der Waals surface area (Å²) in [5, 5.41) is 0. The van der Waals surface area contributed by atoms with Gasteiger partial charge in [0.05, 0.1) is 0 Å². The van der Waals surface area contributed by atoms with Crippen molar-refractivity contribution in [2.45, 2.75) is 20.8 Å². The van der Waals surface area contributed by atoms with Gasteiger partial charge in [0.1, 0.15) is 0 Å². The van der Waals surface area contributed by atoms with Crippen LogP contribution in [0.4, 0.5) is 0 Å². The van der Waals surface area contributed by atoms with E-state index >= 15 is 0 Å². The molecule has 0 heterocycles. The molecule has 1 heteroatoms. The van der Waals surface area contributed by atoms with Crippen molar-refractivity contribution in [1.82, 2.24) is 0 Å². The third kappa shape index (κ3) is 11.3. The van der Waals surface area contributed by atoms with E-state index in [4.69, 9.17) is 0 Å². The Hall–Kier alpha value is -1.42. The van der Waals surface area contributed by atoms with E-state index in [-0.39, 0.29) is 25.3 Å². The zero-order chi connectivity index (χ0) is 15.3. The molecule has 0 spiro atoms. The minimum Gasteiger partial charge on any atom is -0.125 e. The fourth-order valence-corrected chi connectivity index (χ4v) is 1.41. The Morgan fingerprint density at radius 1 is 0.545 bits per heavy atom. The summed E-state index contributed by atoms with van der Waals surface area (Å²) in [7, 11) is 0. The largest absolute Gasteiger partial charge is 0.125 e. The van der Waals surface area contributed by atoms with Gasteiger partial charge in [0.2, 0.25) is 0 Å². The van der Waals surface area contributed by atoms with Gasteiger partial charge in [-0.25, -0.2) is 0 Å². The second-order valence-electron chi connectivity index (χ2n) is 4.73. The summed E-state index contributed by atoms with van der Waals surface area (Å²) in [5.41, 5.74) is 12.7. The average molecular weight is 394 g/mol. The monoisotopic (exact) mass is 395 g/mol. The zero-order valence-corrected chi connectivity index (χ0v) is 16.3. The molecule has 22 heavy (non-hydrogen) atoms. The average Bonchev–Trinajstić information content (AvgIpc) is 2.51. The SMILES string of the molecule is CC1=CC=C=C[CH]1.CC1=CC=C=C[CH]1.CC1=CC=C=C[CH]1.[HH].[Sn]. The molecule has 0 bridgehead atoms. The Bertz CT molecular complexity index is 532. The van der Waals surface area contributed by atoms with Crippen LogP contribution >= 0.6 is 0 Å². The van der Waals surface area contributed by atoms with Crippen molar-refractivity contribution >= 4 is 23.9 Å². The molecule has 0 aliphatic heterocycles. The first kappa shape index (κ1) is 20.6. The Morgan fingerprint density at radius 3 is 0.909 bits per heavy atom. The maximum Gasteiger partial charge on any atom is 0.0160 e. The molecule has 0 N–H and O–H groups in total. The van der Waals surface area contributed by atoms with Crippen LogP contribution < -0.4 is 0 Å². The summed E-state index contributed by atoms with van der Waals surface area (Å²) in [6.07, 6.45) is 23.6. The molecule has 111 valence electrons. The van der Waals surface area contributed by atoms with Crippen LogP contribution in [0.25, 0.3) is 0 Å². The van der Waals surface area contributed by atoms with Gasteiger partial charge in [0.15, 0.2) is 0 Å². The number of allylic oxidation sites excluding steroid dienone is 9. The predicted octanol–water partition coefficient (Wildman–Crippen LogP) is 5.45. The molecular formula is C21H23Sn. The van der Waals surface area contributed by atoms with Crippen LogP contribution in [0.2, 0.25) is 0 Å². The van der Waals surface area contributed by atoms with Crippen molar-refractivity contribution in [2.24, 2.45) is 0 Å². The third-order valence-electron chi connectivity index (χ3n) is 2.65. The van der Waals surface area contributed by atoms with Gasteiger partial charge >= 0.3 is 0 Å². The molecule has 0 saturated heterocycles. The van der Waals surface area contributed by atoms with Crippen LogP contribution in [0.5, 0.6) is 0 Å².